The van der Waals surface area contributed by atoms with Gasteiger partial charge in [0.25, 0.3) is 0 Å². The van der Waals surface area contributed by atoms with Gasteiger partial charge in [-0.05, 0) is 18.2 Å². The quantitative estimate of drug-likeness (QED) is 0.784. The van der Waals surface area contributed by atoms with Crippen molar-refractivity contribution in [2.45, 2.75) is 0 Å². The molecule has 0 aromatic heterocycles. The maximum Gasteiger partial charge on any atom is 0.237 e. The fourth-order valence-corrected chi connectivity index (χ4v) is 2.72. The molecule has 6 heteroatoms. The fraction of sp³-hybridized carbons (Fsp3) is 0.417. The average Bonchev–Trinajstić information content (AvgIpc) is 2.38. The summed E-state index contributed by atoms with van der Waals surface area (Å²) in [6.45, 7) is 2.85. The van der Waals surface area contributed by atoms with Gasteiger partial charge in [0.05, 0.1) is 10.7 Å². The summed E-state index contributed by atoms with van der Waals surface area (Å²) in [5, 5.41) is 1.26. The van der Waals surface area contributed by atoms with Crippen molar-refractivity contribution in [3.63, 3.8) is 0 Å². The van der Waals surface area contributed by atoms with Gasteiger partial charge in [-0.2, -0.15) is 0 Å². The Bertz CT molecular complexity index is 445. The molecule has 1 fully saturated rings. The normalized spacial score (nSPS) is 15.9. The molecule has 0 saturated carbocycles. The van der Waals surface area contributed by atoms with Crippen molar-refractivity contribution in [1.82, 2.24) is 4.90 Å². The van der Waals surface area contributed by atoms with Crippen LogP contribution in [0.4, 0.5) is 5.69 Å². The highest BCUT2D eigenvalue weighted by molar-refractivity contribution is 6.36. The Morgan fingerprint density at radius 2 is 1.83 bits per heavy atom. The monoisotopic (exact) mass is 306 g/mol. The summed E-state index contributed by atoms with van der Waals surface area (Å²) in [5.41, 5.74) is 0.957. The summed E-state index contributed by atoms with van der Waals surface area (Å²) in [4.78, 5) is 15.4. The number of hydrogen-bond donors (Lipinski definition) is 0. The number of carbonyl (C=O) groups excluding carboxylic acids is 1. The van der Waals surface area contributed by atoms with Gasteiger partial charge in [0.1, 0.15) is 5.88 Å². The van der Waals surface area contributed by atoms with E-state index in [0.29, 0.717) is 23.1 Å². The number of alkyl halides is 1. The third kappa shape index (κ3) is 3.02. The smallest absolute Gasteiger partial charge is 0.237 e. The van der Waals surface area contributed by atoms with Gasteiger partial charge in [0.2, 0.25) is 5.91 Å². The first-order chi connectivity index (χ1) is 8.61. The third-order valence-corrected chi connectivity index (χ3v) is 3.76. The van der Waals surface area contributed by atoms with Crippen molar-refractivity contribution in [2.75, 3.05) is 37.0 Å². The van der Waals surface area contributed by atoms with Crippen LogP contribution in [0.15, 0.2) is 18.2 Å². The Balaban J connectivity index is 2.03. The minimum Gasteiger partial charge on any atom is -0.367 e. The zero-order chi connectivity index (χ0) is 13.1. The van der Waals surface area contributed by atoms with Crippen LogP contribution in [-0.4, -0.2) is 42.9 Å². The number of hydrogen-bond acceptors (Lipinski definition) is 2. The van der Waals surface area contributed by atoms with Crippen LogP contribution in [-0.2, 0) is 4.79 Å². The summed E-state index contributed by atoms with van der Waals surface area (Å²) < 4.78 is 0. The molecule has 0 aliphatic carbocycles. The average molecular weight is 308 g/mol. The van der Waals surface area contributed by atoms with E-state index in [2.05, 4.69) is 4.90 Å². The molecule has 0 atom stereocenters. The van der Waals surface area contributed by atoms with Crippen molar-refractivity contribution in [3.05, 3.63) is 28.2 Å². The van der Waals surface area contributed by atoms with Crippen LogP contribution in [0.2, 0.25) is 10.0 Å². The second kappa shape index (κ2) is 6.00. The molecule has 0 radical (unpaired) electrons. The number of benzene rings is 1. The number of carbonyl (C=O) groups is 1. The first kappa shape index (κ1) is 13.8. The first-order valence-electron chi connectivity index (χ1n) is 5.65. The van der Waals surface area contributed by atoms with Gasteiger partial charge in [-0.1, -0.05) is 23.2 Å². The van der Waals surface area contributed by atoms with Crippen LogP contribution < -0.4 is 4.90 Å². The van der Waals surface area contributed by atoms with Gasteiger partial charge in [0.15, 0.2) is 0 Å². The van der Waals surface area contributed by atoms with E-state index >= 15 is 0 Å². The van der Waals surface area contributed by atoms with Gasteiger partial charge in [-0.3, -0.25) is 4.79 Å². The maximum atomic E-state index is 11.5. The lowest BCUT2D eigenvalue weighted by Crippen LogP contribution is -2.49. The zero-order valence-electron chi connectivity index (χ0n) is 9.70. The van der Waals surface area contributed by atoms with E-state index in [9.17, 15) is 4.79 Å². The van der Waals surface area contributed by atoms with E-state index in [0.717, 1.165) is 18.8 Å². The molecule has 1 aromatic carbocycles. The number of rotatable bonds is 2. The highest BCUT2D eigenvalue weighted by Crippen LogP contribution is 2.29. The van der Waals surface area contributed by atoms with Gasteiger partial charge < -0.3 is 9.80 Å². The SMILES string of the molecule is O=C(CCl)N1CCN(c2ccc(Cl)cc2Cl)CC1. The molecule has 3 nitrogen and oxygen atoms in total. The van der Waals surface area contributed by atoms with Crippen molar-refractivity contribution < 1.29 is 4.79 Å². The van der Waals surface area contributed by atoms with E-state index in [1.165, 1.54) is 0 Å². The fourth-order valence-electron chi connectivity index (χ4n) is 2.02. The summed E-state index contributed by atoms with van der Waals surface area (Å²) >= 11 is 17.6. The molecule has 1 heterocycles. The van der Waals surface area contributed by atoms with E-state index in [4.69, 9.17) is 34.8 Å². The van der Waals surface area contributed by atoms with E-state index in [1.807, 2.05) is 12.1 Å². The second-order valence-corrected chi connectivity index (χ2v) is 5.21. The predicted molar refractivity (Wildman–Crippen MR) is 76.0 cm³/mol. The molecule has 0 spiro atoms. The molecule has 1 aliphatic heterocycles. The zero-order valence-corrected chi connectivity index (χ0v) is 12.0. The highest BCUT2D eigenvalue weighted by atomic mass is 35.5. The standard InChI is InChI=1S/C12H13Cl3N2O/c13-8-12(18)17-5-3-16(4-6-17)11-2-1-9(14)7-10(11)15/h1-2,7H,3-6,8H2. The summed E-state index contributed by atoms with van der Waals surface area (Å²) in [6, 6.07) is 5.46. The lowest BCUT2D eigenvalue weighted by atomic mass is 10.2. The van der Waals surface area contributed by atoms with Crippen LogP contribution in [0.5, 0.6) is 0 Å². The summed E-state index contributed by atoms with van der Waals surface area (Å²) in [5.74, 6) is 0.0281. The predicted octanol–water partition coefficient (Wildman–Crippen LogP) is 2.88. The molecule has 1 saturated heterocycles. The molecule has 1 aliphatic rings. The molecular formula is C12H13Cl3N2O. The Hall–Kier alpha value is -0.640. The van der Waals surface area contributed by atoms with E-state index in [1.54, 1.807) is 11.0 Å². The van der Waals surface area contributed by atoms with Crippen molar-refractivity contribution in [2.24, 2.45) is 0 Å². The number of nitrogens with zero attached hydrogens (tertiary/aromatic N) is 2. The number of piperazine rings is 1. The summed E-state index contributed by atoms with van der Waals surface area (Å²) in [6.07, 6.45) is 0. The topological polar surface area (TPSA) is 23.6 Å². The molecule has 18 heavy (non-hydrogen) atoms. The van der Waals surface area contributed by atoms with Gasteiger partial charge in [-0.25, -0.2) is 0 Å². The molecule has 0 bridgehead atoms. The van der Waals surface area contributed by atoms with Crippen molar-refractivity contribution in [1.29, 1.82) is 0 Å². The Kier molecular flexibility index (Phi) is 4.60. The number of halogens is 3. The molecule has 98 valence electrons. The molecule has 2 rings (SSSR count). The first-order valence-corrected chi connectivity index (χ1v) is 6.94. The third-order valence-electron chi connectivity index (χ3n) is 3.00. The lowest BCUT2D eigenvalue weighted by Gasteiger charge is -2.36. The van der Waals surface area contributed by atoms with Gasteiger partial charge >= 0.3 is 0 Å². The molecule has 1 aromatic rings. The number of anilines is 1. The van der Waals surface area contributed by atoms with Crippen LogP contribution >= 0.6 is 34.8 Å². The lowest BCUT2D eigenvalue weighted by molar-refractivity contribution is -0.128. The molecule has 1 amide bonds. The molecule has 0 unspecified atom stereocenters. The van der Waals surface area contributed by atoms with Crippen LogP contribution in [0.25, 0.3) is 0 Å². The van der Waals surface area contributed by atoms with E-state index < -0.39 is 0 Å². The minimum absolute atomic E-state index is 0.0153. The van der Waals surface area contributed by atoms with E-state index in [-0.39, 0.29) is 11.8 Å². The Labute approximate surface area is 121 Å². The molecular weight excluding hydrogens is 295 g/mol. The second-order valence-electron chi connectivity index (χ2n) is 4.10. The van der Waals surface area contributed by atoms with Crippen LogP contribution in [0.3, 0.4) is 0 Å². The largest absolute Gasteiger partial charge is 0.367 e. The van der Waals surface area contributed by atoms with Crippen LogP contribution in [0, 0.1) is 0 Å². The molecule has 0 N–H and O–H groups in total. The van der Waals surface area contributed by atoms with Gasteiger partial charge in [0, 0.05) is 31.2 Å². The number of amides is 1. The Morgan fingerprint density at radius 1 is 1.17 bits per heavy atom. The van der Waals surface area contributed by atoms with Gasteiger partial charge in [-0.15, -0.1) is 11.6 Å². The van der Waals surface area contributed by atoms with Crippen LogP contribution in [0.1, 0.15) is 0 Å². The maximum absolute atomic E-state index is 11.5. The minimum atomic E-state index is -0.0153. The summed E-state index contributed by atoms with van der Waals surface area (Å²) in [7, 11) is 0. The Morgan fingerprint density at radius 3 is 2.39 bits per heavy atom. The van der Waals surface area contributed by atoms with Crippen molar-refractivity contribution >= 4 is 46.4 Å². The highest BCUT2D eigenvalue weighted by Gasteiger charge is 2.21. The van der Waals surface area contributed by atoms with Crippen molar-refractivity contribution in [3.8, 4) is 0 Å².